The van der Waals surface area contributed by atoms with Crippen molar-refractivity contribution >= 4 is 11.6 Å². The summed E-state index contributed by atoms with van der Waals surface area (Å²) >= 11 is 0. The van der Waals surface area contributed by atoms with Gasteiger partial charge >= 0.3 is 5.69 Å². The first-order valence-electron chi connectivity index (χ1n) is 6.43. The summed E-state index contributed by atoms with van der Waals surface area (Å²) in [4.78, 5) is 22.6. The molecule has 0 fully saturated rings. The van der Waals surface area contributed by atoms with E-state index in [1.54, 1.807) is 19.3 Å². The summed E-state index contributed by atoms with van der Waals surface area (Å²) < 4.78 is 5.48. The minimum Gasteiger partial charge on any atom is -0.492 e. The molecular formula is C13H15N5O3. The fourth-order valence-electron chi connectivity index (χ4n) is 1.69. The quantitative estimate of drug-likeness (QED) is 0.642. The van der Waals surface area contributed by atoms with E-state index in [1.165, 1.54) is 12.4 Å². The van der Waals surface area contributed by atoms with E-state index in [0.717, 1.165) is 6.42 Å². The Morgan fingerprint density at radius 2 is 2.19 bits per heavy atom. The summed E-state index contributed by atoms with van der Waals surface area (Å²) in [6.07, 6.45) is 5.11. The lowest BCUT2D eigenvalue weighted by molar-refractivity contribution is -0.384. The standard InChI is InChI=1S/C13H15N5O3/c1-3-4-21-10-5-9(6-15-7-10)12-11(18(19)20)8-16-13(14-2)17-12/h5-8H,3-4H2,1-2H3,(H,14,16,17). The van der Waals surface area contributed by atoms with Crippen molar-refractivity contribution in [2.45, 2.75) is 13.3 Å². The van der Waals surface area contributed by atoms with Crippen LogP contribution in [0.2, 0.25) is 0 Å². The lowest BCUT2D eigenvalue weighted by Crippen LogP contribution is -2.02. The van der Waals surface area contributed by atoms with Crippen molar-refractivity contribution in [2.75, 3.05) is 19.0 Å². The van der Waals surface area contributed by atoms with Gasteiger partial charge in [0, 0.05) is 18.8 Å². The van der Waals surface area contributed by atoms with Crippen molar-refractivity contribution in [3.8, 4) is 17.0 Å². The third-order valence-corrected chi connectivity index (χ3v) is 2.65. The van der Waals surface area contributed by atoms with E-state index in [2.05, 4.69) is 20.3 Å². The van der Waals surface area contributed by atoms with Crippen molar-refractivity contribution in [1.82, 2.24) is 15.0 Å². The molecule has 8 heteroatoms. The number of nitro groups is 1. The molecule has 0 atom stereocenters. The lowest BCUT2D eigenvalue weighted by Gasteiger charge is -2.07. The van der Waals surface area contributed by atoms with E-state index in [0.29, 0.717) is 23.9 Å². The first kappa shape index (κ1) is 14.6. The molecule has 2 heterocycles. The van der Waals surface area contributed by atoms with E-state index >= 15 is 0 Å². The molecule has 8 nitrogen and oxygen atoms in total. The number of hydrogen-bond donors (Lipinski definition) is 1. The molecule has 21 heavy (non-hydrogen) atoms. The van der Waals surface area contributed by atoms with Gasteiger partial charge in [-0.2, -0.15) is 0 Å². The van der Waals surface area contributed by atoms with Gasteiger partial charge in [0.2, 0.25) is 5.95 Å². The fourth-order valence-corrected chi connectivity index (χ4v) is 1.69. The highest BCUT2D eigenvalue weighted by molar-refractivity contribution is 5.70. The third-order valence-electron chi connectivity index (χ3n) is 2.65. The van der Waals surface area contributed by atoms with Gasteiger partial charge in [0.15, 0.2) is 5.69 Å². The lowest BCUT2D eigenvalue weighted by atomic mass is 10.2. The summed E-state index contributed by atoms with van der Waals surface area (Å²) in [5.74, 6) is 0.851. The highest BCUT2D eigenvalue weighted by Crippen LogP contribution is 2.29. The minimum absolute atomic E-state index is 0.177. The molecule has 2 aromatic rings. The van der Waals surface area contributed by atoms with Crippen LogP contribution in [0.1, 0.15) is 13.3 Å². The largest absolute Gasteiger partial charge is 0.492 e. The topological polar surface area (TPSA) is 103 Å². The van der Waals surface area contributed by atoms with E-state index in [4.69, 9.17) is 4.74 Å². The smallest absolute Gasteiger partial charge is 0.313 e. The number of rotatable bonds is 6. The van der Waals surface area contributed by atoms with Crippen molar-refractivity contribution in [2.24, 2.45) is 0 Å². The van der Waals surface area contributed by atoms with E-state index in [9.17, 15) is 10.1 Å². The van der Waals surface area contributed by atoms with Gasteiger partial charge in [0.05, 0.1) is 17.7 Å². The first-order chi connectivity index (χ1) is 10.2. The predicted octanol–water partition coefficient (Wildman–Crippen LogP) is 2.28. The molecular weight excluding hydrogens is 274 g/mol. The molecule has 0 amide bonds. The molecule has 0 unspecified atom stereocenters. The molecule has 0 aliphatic rings. The zero-order chi connectivity index (χ0) is 15.2. The molecule has 0 bridgehead atoms. The van der Waals surface area contributed by atoms with Gasteiger partial charge in [-0.3, -0.25) is 15.1 Å². The Kier molecular flexibility index (Phi) is 4.60. The zero-order valence-electron chi connectivity index (χ0n) is 11.7. The van der Waals surface area contributed by atoms with Gasteiger partial charge in [-0.05, 0) is 12.5 Å². The van der Waals surface area contributed by atoms with E-state index in [-0.39, 0.29) is 11.4 Å². The van der Waals surface area contributed by atoms with Crippen LogP contribution in [0.3, 0.4) is 0 Å². The van der Waals surface area contributed by atoms with Gasteiger partial charge in [0.1, 0.15) is 11.9 Å². The SMILES string of the molecule is CCCOc1cncc(-c2nc(NC)ncc2[N+](=O)[O-])c1. The number of nitrogens with one attached hydrogen (secondary N) is 1. The number of aromatic nitrogens is 3. The Balaban J connectivity index is 2.46. The molecule has 2 rings (SSSR count). The molecule has 1 N–H and O–H groups in total. The Bertz CT molecular complexity index is 647. The van der Waals surface area contributed by atoms with Crippen molar-refractivity contribution < 1.29 is 9.66 Å². The van der Waals surface area contributed by atoms with Gasteiger partial charge in [-0.25, -0.2) is 9.97 Å². The molecule has 0 aliphatic carbocycles. The molecule has 2 aromatic heterocycles. The van der Waals surface area contributed by atoms with Gasteiger partial charge in [-0.1, -0.05) is 6.92 Å². The van der Waals surface area contributed by atoms with Crippen LogP contribution < -0.4 is 10.1 Å². The normalized spacial score (nSPS) is 10.2. The van der Waals surface area contributed by atoms with Crippen LogP contribution in [0.15, 0.2) is 24.7 Å². The maximum absolute atomic E-state index is 11.1. The maximum atomic E-state index is 11.1. The molecule has 0 radical (unpaired) electrons. The number of hydrogen-bond acceptors (Lipinski definition) is 7. The van der Waals surface area contributed by atoms with Crippen LogP contribution in [-0.2, 0) is 0 Å². The monoisotopic (exact) mass is 289 g/mol. The molecule has 0 saturated heterocycles. The maximum Gasteiger partial charge on any atom is 0.313 e. The fraction of sp³-hybridized carbons (Fsp3) is 0.308. The number of pyridine rings is 1. The Labute approximate surface area is 121 Å². The number of nitrogens with zero attached hydrogens (tertiary/aromatic N) is 4. The van der Waals surface area contributed by atoms with E-state index < -0.39 is 4.92 Å². The molecule has 0 spiro atoms. The first-order valence-corrected chi connectivity index (χ1v) is 6.43. The molecule has 110 valence electrons. The third kappa shape index (κ3) is 3.41. The van der Waals surface area contributed by atoms with Crippen LogP contribution in [-0.4, -0.2) is 33.5 Å². The zero-order valence-corrected chi connectivity index (χ0v) is 11.7. The highest BCUT2D eigenvalue weighted by atomic mass is 16.6. The summed E-state index contributed by atoms with van der Waals surface area (Å²) in [5.41, 5.74) is 0.534. The highest BCUT2D eigenvalue weighted by Gasteiger charge is 2.19. The van der Waals surface area contributed by atoms with Crippen LogP contribution in [0, 0.1) is 10.1 Å². The minimum atomic E-state index is -0.519. The second-order valence-electron chi connectivity index (χ2n) is 4.19. The van der Waals surface area contributed by atoms with E-state index in [1.807, 2.05) is 6.92 Å². The average Bonchev–Trinajstić information content (AvgIpc) is 2.52. The van der Waals surface area contributed by atoms with Crippen molar-refractivity contribution in [1.29, 1.82) is 0 Å². The van der Waals surface area contributed by atoms with Gasteiger partial charge in [-0.15, -0.1) is 0 Å². The van der Waals surface area contributed by atoms with Crippen molar-refractivity contribution in [3.05, 3.63) is 34.8 Å². The summed E-state index contributed by atoms with van der Waals surface area (Å²) in [6, 6.07) is 1.68. The second kappa shape index (κ2) is 6.60. The Morgan fingerprint density at radius 3 is 2.86 bits per heavy atom. The predicted molar refractivity (Wildman–Crippen MR) is 77.3 cm³/mol. The summed E-state index contributed by atoms with van der Waals surface area (Å²) in [6.45, 7) is 2.55. The van der Waals surface area contributed by atoms with Crippen LogP contribution in [0.25, 0.3) is 11.3 Å². The number of ether oxygens (including phenoxy) is 1. The Hall–Kier alpha value is -2.77. The molecule has 0 saturated carbocycles. The van der Waals surface area contributed by atoms with Crippen molar-refractivity contribution in [3.63, 3.8) is 0 Å². The summed E-state index contributed by atoms with van der Waals surface area (Å²) in [7, 11) is 1.64. The molecule has 0 aliphatic heterocycles. The van der Waals surface area contributed by atoms with Gasteiger partial charge < -0.3 is 10.1 Å². The Morgan fingerprint density at radius 1 is 1.38 bits per heavy atom. The number of anilines is 1. The van der Waals surface area contributed by atoms with Crippen LogP contribution >= 0.6 is 0 Å². The summed E-state index contributed by atoms with van der Waals surface area (Å²) in [5, 5.41) is 13.9. The molecule has 0 aromatic carbocycles. The second-order valence-corrected chi connectivity index (χ2v) is 4.19. The van der Waals surface area contributed by atoms with Gasteiger partial charge in [0.25, 0.3) is 0 Å². The van der Waals surface area contributed by atoms with Crippen LogP contribution in [0.5, 0.6) is 5.75 Å². The van der Waals surface area contributed by atoms with Crippen LogP contribution in [0.4, 0.5) is 11.6 Å². The average molecular weight is 289 g/mol.